The molecule has 0 saturated heterocycles. The predicted octanol–water partition coefficient (Wildman–Crippen LogP) is 3.81. The summed E-state index contributed by atoms with van der Waals surface area (Å²) in [5.41, 5.74) is 1.52. The lowest BCUT2D eigenvalue weighted by Crippen LogP contribution is -2.33. The fraction of sp³-hybridized carbons (Fsp3) is 0.438. The van der Waals surface area contributed by atoms with E-state index < -0.39 is 5.60 Å². The van der Waals surface area contributed by atoms with E-state index in [4.69, 9.17) is 9.15 Å². The van der Waals surface area contributed by atoms with Crippen molar-refractivity contribution >= 4 is 17.1 Å². The molecule has 0 aliphatic heterocycles. The number of alkyl carbamates (subject to hydrolysis) is 1. The number of carbonyl (C=O) groups excluding carboxylic acids is 1. The first kappa shape index (κ1) is 14.4. The van der Waals surface area contributed by atoms with Gasteiger partial charge in [-0.3, -0.25) is 0 Å². The number of amides is 1. The number of hydrogen-bond donors (Lipinski definition) is 1. The Morgan fingerprint density at radius 1 is 1.35 bits per heavy atom. The summed E-state index contributed by atoms with van der Waals surface area (Å²) in [5, 5.41) is 3.85. The van der Waals surface area contributed by atoms with Crippen molar-refractivity contribution in [3.63, 3.8) is 0 Å². The van der Waals surface area contributed by atoms with Crippen molar-refractivity contribution in [2.45, 2.75) is 39.7 Å². The maximum absolute atomic E-state index is 11.6. The number of benzene rings is 1. The van der Waals surface area contributed by atoms with Crippen LogP contribution in [0.4, 0.5) is 4.79 Å². The highest BCUT2D eigenvalue weighted by Gasteiger charge is 2.15. The highest BCUT2D eigenvalue weighted by Crippen LogP contribution is 2.22. The van der Waals surface area contributed by atoms with Crippen molar-refractivity contribution in [2.24, 2.45) is 0 Å². The number of nitrogens with one attached hydrogen (secondary N) is 1. The topological polar surface area (TPSA) is 51.5 Å². The lowest BCUT2D eigenvalue weighted by Gasteiger charge is -2.19. The molecule has 0 unspecified atom stereocenters. The van der Waals surface area contributed by atoms with Crippen LogP contribution >= 0.6 is 0 Å². The van der Waals surface area contributed by atoms with Gasteiger partial charge in [-0.2, -0.15) is 0 Å². The average Bonchev–Trinajstić information content (AvgIpc) is 2.67. The van der Waals surface area contributed by atoms with Crippen LogP contribution in [0.25, 0.3) is 11.0 Å². The molecule has 0 radical (unpaired) electrons. The minimum Gasteiger partial charge on any atom is -0.461 e. The first-order valence-corrected chi connectivity index (χ1v) is 6.80. The van der Waals surface area contributed by atoms with Gasteiger partial charge in [-0.05, 0) is 45.7 Å². The monoisotopic (exact) mass is 275 g/mol. The highest BCUT2D eigenvalue weighted by atomic mass is 16.6. The first-order chi connectivity index (χ1) is 9.35. The number of fused-ring (bicyclic) bond motifs is 1. The van der Waals surface area contributed by atoms with Crippen molar-refractivity contribution in [3.8, 4) is 0 Å². The summed E-state index contributed by atoms with van der Waals surface area (Å²) in [7, 11) is 0. The Morgan fingerprint density at radius 2 is 2.10 bits per heavy atom. The zero-order chi connectivity index (χ0) is 14.8. The van der Waals surface area contributed by atoms with Gasteiger partial charge in [0.1, 0.15) is 16.9 Å². The normalized spacial score (nSPS) is 11.6. The summed E-state index contributed by atoms with van der Waals surface area (Å²) in [6, 6.07) is 8.05. The van der Waals surface area contributed by atoms with Gasteiger partial charge < -0.3 is 14.5 Å². The lowest BCUT2D eigenvalue weighted by atomic mass is 10.1. The van der Waals surface area contributed by atoms with Crippen LogP contribution in [-0.2, 0) is 11.2 Å². The summed E-state index contributed by atoms with van der Waals surface area (Å²) in [5.74, 6) is 0.896. The van der Waals surface area contributed by atoms with Crippen molar-refractivity contribution in [1.29, 1.82) is 0 Å². The van der Waals surface area contributed by atoms with Crippen molar-refractivity contribution < 1.29 is 13.9 Å². The zero-order valence-corrected chi connectivity index (χ0v) is 12.4. The van der Waals surface area contributed by atoms with Crippen LogP contribution in [0.1, 0.15) is 32.1 Å². The smallest absolute Gasteiger partial charge is 0.407 e. The third-order valence-corrected chi connectivity index (χ3v) is 2.81. The number of furan rings is 1. The molecule has 0 fully saturated rings. The fourth-order valence-corrected chi connectivity index (χ4v) is 2.06. The second kappa shape index (κ2) is 5.57. The minimum absolute atomic E-state index is 0.389. The quantitative estimate of drug-likeness (QED) is 0.926. The molecule has 0 saturated carbocycles. The molecule has 0 bridgehead atoms. The second-order valence-electron chi connectivity index (χ2n) is 5.87. The molecule has 1 aromatic carbocycles. The average molecular weight is 275 g/mol. The Bertz CT molecular complexity index is 608. The molecule has 0 atom stereocenters. The highest BCUT2D eigenvalue weighted by molar-refractivity contribution is 5.81. The van der Waals surface area contributed by atoms with E-state index in [-0.39, 0.29) is 6.09 Å². The number of carbonyl (C=O) groups is 1. The standard InChI is InChI=1S/C16H21NO3/c1-11-10-13-7-5-6-12(14(13)19-11)8-9-17-15(18)20-16(2,3)4/h5-7,10H,8-9H2,1-4H3,(H,17,18). The van der Waals surface area contributed by atoms with Gasteiger partial charge in [0.25, 0.3) is 0 Å². The number of aryl methyl sites for hydroxylation is 1. The molecule has 0 spiro atoms. The summed E-state index contributed by atoms with van der Waals surface area (Å²) in [4.78, 5) is 11.6. The van der Waals surface area contributed by atoms with Crippen LogP contribution in [0.5, 0.6) is 0 Å². The molecule has 1 N–H and O–H groups in total. The molecule has 1 aromatic heterocycles. The minimum atomic E-state index is -0.470. The van der Waals surface area contributed by atoms with Crippen molar-refractivity contribution in [3.05, 3.63) is 35.6 Å². The van der Waals surface area contributed by atoms with E-state index >= 15 is 0 Å². The molecule has 1 amide bonds. The molecule has 1 heterocycles. The fourth-order valence-electron chi connectivity index (χ4n) is 2.06. The number of para-hydroxylation sites is 1. The molecule has 2 aromatic rings. The summed E-state index contributed by atoms with van der Waals surface area (Å²) in [6.07, 6.45) is 0.323. The largest absolute Gasteiger partial charge is 0.461 e. The van der Waals surface area contributed by atoms with Crippen LogP contribution in [-0.4, -0.2) is 18.2 Å². The Balaban J connectivity index is 1.95. The molecule has 20 heavy (non-hydrogen) atoms. The molecule has 4 heteroatoms. The molecule has 108 valence electrons. The molecule has 2 rings (SSSR count). The van der Waals surface area contributed by atoms with E-state index in [1.807, 2.05) is 52.0 Å². The first-order valence-electron chi connectivity index (χ1n) is 6.80. The SMILES string of the molecule is Cc1cc2cccc(CCNC(=O)OC(C)(C)C)c2o1. The van der Waals surface area contributed by atoms with Crippen LogP contribution in [0, 0.1) is 6.92 Å². The van der Waals surface area contributed by atoms with E-state index in [2.05, 4.69) is 5.32 Å². The molecule has 4 nitrogen and oxygen atoms in total. The Labute approximate surface area is 119 Å². The van der Waals surface area contributed by atoms with E-state index in [1.54, 1.807) is 0 Å². The summed E-state index contributed by atoms with van der Waals surface area (Å²) < 4.78 is 10.9. The number of rotatable bonds is 3. The Kier molecular flexibility index (Phi) is 4.02. The number of hydrogen-bond acceptors (Lipinski definition) is 3. The van der Waals surface area contributed by atoms with Crippen molar-refractivity contribution in [1.82, 2.24) is 5.32 Å². The summed E-state index contributed by atoms with van der Waals surface area (Å²) >= 11 is 0. The van der Waals surface area contributed by atoms with Gasteiger partial charge in [-0.1, -0.05) is 18.2 Å². The maximum Gasteiger partial charge on any atom is 0.407 e. The predicted molar refractivity (Wildman–Crippen MR) is 78.9 cm³/mol. The molecular formula is C16H21NO3. The zero-order valence-electron chi connectivity index (χ0n) is 12.4. The third-order valence-electron chi connectivity index (χ3n) is 2.81. The molecule has 0 aliphatic rings. The van der Waals surface area contributed by atoms with Crippen molar-refractivity contribution in [2.75, 3.05) is 6.54 Å². The van der Waals surface area contributed by atoms with E-state index in [1.165, 1.54) is 0 Å². The Hall–Kier alpha value is -1.97. The van der Waals surface area contributed by atoms with Gasteiger partial charge in [0.2, 0.25) is 0 Å². The Morgan fingerprint density at radius 3 is 2.80 bits per heavy atom. The van der Waals surface area contributed by atoms with Gasteiger partial charge in [-0.25, -0.2) is 4.79 Å². The van der Waals surface area contributed by atoms with Gasteiger partial charge in [0.05, 0.1) is 0 Å². The molecular weight excluding hydrogens is 254 g/mol. The lowest BCUT2D eigenvalue weighted by molar-refractivity contribution is 0.0528. The van der Waals surface area contributed by atoms with E-state index in [0.29, 0.717) is 13.0 Å². The second-order valence-corrected chi connectivity index (χ2v) is 5.87. The van der Waals surface area contributed by atoms with Crippen LogP contribution < -0.4 is 5.32 Å². The van der Waals surface area contributed by atoms with E-state index in [0.717, 1.165) is 22.3 Å². The van der Waals surface area contributed by atoms with Gasteiger partial charge in [-0.15, -0.1) is 0 Å². The molecule has 0 aliphatic carbocycles. The van der Waals surface area contributed by atoms with Crippen LogP contribution in [0.2, 0.25) is 0 Å². The van der Waals surface area contributed by atoms with Gasteiger partial charge in [0.15, 0.2) is 0 Å². The van der Waals surface area contributed by atoms with Gasteiger partial charge in [0, 0.05) is 11.9 Å². The maximum atomic E-state index is 11.6. The summed E-state index contributed by atoms with van der Waals surface area (Å²) in [6.45, 7) is 7.99. The number of ether oxygens (including phenoxy) is 1. The third kappa shape index (κ3) is 3.76. The van der Waals surface area contributed by atoms with Crippen LogP contribution in [0.3, 0.4) is 0 Å². The van der Waals surface area contributed by atoms with Gasteiger partial charge >= 0.3 is 6.09 Å². The van der Waals surface area contributed by atoms with Crippen LogP contribution in [0.15, 0.2) is 28.7 Å². The van der Waals surface area contributed by atoms with E-state index in [9.17, 15) is 4.79 Å².